The summed E-state index contributed by atoms with van der Waals surface area (Å²) in [6, 6.07) is 3.39. The lowest BCUT2D eigenvalue weighted by molar-refractivity contribution is -0.122. The Hall–Kier alpha value is -2.81. The first-order valence-electron chi connectivity index (χ1n) is 7.72. The minimum atomic E-state index is -0.306. The number of anilines is 1. The van der Waals surface area contributed by atoms with Gasteiger partial charge in [-0.05, 0) is 26.1 Å². The second-order valence-corrected chi connectivity index (χ2v) is 6.03. The number of aryl methyl sites for hydroxylation is 2. The largest absolute Gasteiger partial charge is 0.312 e. The normalized spacial score (nSPS) is 17.9. The molecule has 9 heteroatoms. The van der Waals surface area contributed by atoms with Gasteiger partial charge in [0, 0.05) is 13.2 Å². The third kappa shape index (κ3) is 2.24. The topological polar surface area (TPSA) is 93.8 Å². The molecule has 1 aliphatic heterocycles. The minimum Gasteiger partial charge on any atom is -0.312 e. The van der Waals surface area contributed by atoms with Crippen molar-refractivity contribution in [2.24, 2.45) is 7.05 Å². The molecule has 0 bridgehead atoms. The van der Waals surface area contributed by atoms with Gasteiger partial charge in [0.25, 0.3) is 0 Å². The zero-order chi connectivity index (χ0) is 16.8. The summed E-state index contributed by atoms with van der Waals surface area (Å²) >= 11 is 0. The van der Waals surface area contributed by atoms with Crippen molar-refractivity contribution in [3.8, 4) is 0 Å². The number of amides is 1. The molecule has 3 aromatic heterocycles. The zero-order valence-corrected chi connectivity index (χ0v) is 13.8. The van der Waals surface area contributed by atoms with Gasteiger partial charge in [-0.15, -0.1) is 10.2 Å². The molecule has 0 aliphatic carbocycles. The van der Waals surface area contributed by atoms with Crippen molar-refractivity contribution < 1.29 is 4.79 Å². The summed E-state index contributed by atoms with van der Waals surface area (Å²) in [5, 5.41) is 11.1. The molecule has 0 saturated heterocycles. The van der Waals surface area contributed by atoms with E-state index in [-0.39, 0.29) is 11.9 Å². The Morgan fingerprint density at radius 2 is 2.17 bits per heavy atom. The quantitative estimate of drug-likeness (QED) is 0.729. The smallest absolute Gasteiger partial charge is 0.245 e. The number of rotatable bonds is 2. The monoisotopic (exact) mass is 326 g/mol. The van der Waals surface area contributed by atoms with E-state index < -0.39 is 0 Å². The van der Waals surface area contributed by atoms with Crippen molar-refractivity contribution >= 4 is 23.0 Å². The molecule has 0 radical (unpaired) electrons. The van der Waals surface area contributed by atoms with Crippen molar-refractivity contribution in [1.82, 2.24) is 34.2 Å². The van der Waals surface area contributed by atoms with E-state index in [0.29, 0.717) is 19.0 Å². The van der Waals surface area contributed by atoms with E-state index in [1.807, 2.05) is 42.6 Å². The second-order valence-electron chi connectivity index (χ2n) is 6.03. The van der Waals surface area contributed by atoms with Crippen LogP contribution in [0, 0.1) is 6.92 Å². The van der Waals surface area contributed by atoms with Gasteiger partial charge in [-0.2, -0.15) is 0 Å². The average Bonchev–Trinajstić information content (AvgIpc) is 3.08. The summed E-state index contributed by atoms with van der Waals surface area (Å²) in [5.41, 5.74) is 1.49. The van der Waals surface area contributed by atoms with Gasteiger partial charge in [-0.25, -0.2) is 9.97 Å². The molecule has 9 nitrogen and oxygen atoms in total. The Morgan fingerprint density at radius 3 is 2.96 bits per heavy atom. The fourth-order valence-electron chi connectivity index (χ4n) is 3.04. The minimum absolute atomic E-state index is 0.102. The number of nitrogens with zero attached hydrogens (tertiary/aromatic N) is 7. The summed E-state index contributed by atoms with van der Waals surface area (Å²) in [6.07, 6.45) is 1.71. The Balaban J connectivity index is 1.59. The third-order valence-corrected chi connectivity index (χ3v) is 4.46. The number of nitrogens with one attached hydrogen (secondary N) is 1. The van der Waals surface area contributed by atoms with Gasteiger partial charge in [0.2, 0.25) is 11.9 Å². The SMILES string of the molecule is Cc1nnc2n1CC(C(=O)Nc1nc3cccnc3n1C)N(C)C2. The number of aromatic nitrogens is 6. The number of imidazole rings is 1. The van der Waals surface area contributed by atoms with Gasteiger partial charge < -0.3 is 4.57 Å². The van der Waals surface area contributed by atoms with Crippen LogP contribution in [0.5, 0.6) is 0 Å². The zero-order valence-electron chi connectivity index (χ0n) is 13.8. The molecule has 0 spiro atoms. The van der Waals surface area contributed by atoms with Gasteiger partial charge in [0.1, 0.15) is 23.2 Å². The molecule has 1 unspecified atom stereocenters. The third-order valence-electron chi connectivity index (χ3n) is 4.46. The Labute approximate surface area is 138 Å². The summed E-state index contributed by atoms with van der Waals surface area (Å²) in [5.74, 6) is 2.09. The highest BCUT2D eigenvalue weighted by Crippen LogP contribution is 2.19. The molecule has 0 saturated carbocycles. The highest BCUT2D eigenvalue weighted by atomic mass is 16.2. The number of hydrogen-bond acceptors (Lipinski definition) is 6. The van der Waals surface area contributed by atoms with Gasteiger partial charge in [0.05, 0.1) is 13.1 Å². The van der Waals surface area contributed by atoms with Crippen LogP contribution in [0.3, 0.4) is 0 Å². The van der Waals surface area contributed by atoms with Crippen molar-refractivity contribution in [2.45, 2.75) is 26.1 Å². The molecular weight excluding hydrogens is 308 g/mol. The number of likely N-dealkylation sites (N-methyl/N-ethyl adjacent to an activating group) is 1. The van der Waals surface area contributed by atoms with Gasteiger partial charge in [0.15, 0.2) is 5.65 Å². The molecular formula is C15H18N8O. The molecule has 0 aromatic carbocycles. The Bertz CT molecular complexity index is 927. The van der Waals surface area contributed by atoms with Crippen LogP contribution in [0.4, 0.5) is 5.95 Å². The molecule has 24 heavy (non-hydrogen) atoms. The Kier molecular flexibility index (Phi) is 3.31. The number of pyridine rings is 1. The van der Waals surface area contributed by atoms with E-state index in [0.717, 1.165) is 22.8 Å². The summed E-state index contributed by atoms with van der Waals surface area (Å²) in [4.78, 5) is 23.5. The van der Waals surface area contributed by atoms with Crippen LogP contribution in [0.25, 0.3) is 11.2 Å². The predicted molar refractivity (Wildman–Crippen MR) is 87.2 cm³/mol. The van der Waals surface area contributed by atoms with E-state index in [9.17, 15) is 4.79 Å². The van der Waals surface area contributed by atoms with Gasteiger partial charge in [-0.1, -0.05) is 0 Å². The first-order valence-corrected chi connectivity index (χ1v) is 7.72. The molecule has 1 atom stereocenters. The van der Waals surface area contributed by atoms with E-state index >= 15 is 0 Å². The van der Waals surface area contributed by atoms with Crippen molar-refractivity contribution in [3.63, 3.8) is 0 Å². The lowest BCUT2D eigenvalue weighted by Crippen LogP contribution is -2.48. The maximum Gasteiger partial charge on any atom is 0.245 e. The van der Waals surface area contributed by atoms with Crippen molar-refractivity contribution in [2.75, 3.05) is 12.4 Å². The number of carbonyl (C=O) groups is 1. The first-order chi connectivity index (χ1) is 11.5. The molecule has 124 valence electrons. The van der Waals surface area contributed by atoms with E-state index in [4.69, 9.17) is 0 Å². The van der Waals surface area contributed by atoms with E-state index in [1.54, 1.807) is 10.8 Å². The fraction of sp³-hybridized carbons (Fsp3) is 0.400. The van der Waals surface area contributed by atoms with Gasteiger partial charge in [-0.3, -0.25) is 19.6 Å². The standard InChI is InChI=1S/C15H18N8O/c1-9-19-20-12-8-21(2)11(7-23(9)12)14(24)18-15-17-10-5-4-6-16-13(10)22(15)3/h4-6,11H,7-8H2,1-3H3,(H,17,18,24). The van der Waals surface area contributed by atoms with Crippen LogP contribution in [0.15, 0.2) is 18.3 Å². The molecule has 0 fully saturated rings. The number of carbonyl (C=O) groups excluding carboxylic acids is 1. The molecule has 3 aromatic rings. The average molecular weight is 326 g/mol. The molecule has 4 heterocycles. The van der Waals surface area contributed by atoms with Crippen LogP contribution >= 0.6 is 0 Å². The first kappa shape index (κ1) is 14.8. The van der Waals surface area contributed by atoms with Crippen molar-refractivity contribution in [1.29, 1.82) is 0 Å². The Morgan fingerprint density at radius 1 is 1.33 bits per heavy atom. The van der Waals surface area contributed by atoms with E-state index in [1.165, 1.54) is 0 Å². The number of fused-ring (bicyclic) bond motifs is 2. The van der Waals surface area contributed by atoms with Crippen LogP contribution in [0.2, 0.25) is 0 Å². The van der Waals surface area contributed by atoms with Crippen LogP contribution in [0.1, 0.15) is 11.6 Å². The maximum atomic E-state index is 12.8. The molecule has 1 aliphatic rings. The number of hydrogen-bond donors (Lipinski definition) is 1. The fourth-order valence-corrected chi connectivity index (χ4v) is 3.04. The lowest BCUT2D eigenvalue weighted by Gasteiger charge is -2.31. The summed E-state index contributed by atoms with van der Waals surface area (Å²) in [7, 11) is 3.75. The summed E-state index contributed by atoms with van der Waals surface area (Å²) in [6.45, 7) is 3.01. The molecule has 1 N–H and O–H groups in total. The molecule has 4 rings (SSSR count). The second kappa shape index (κ2) is 5.38. The van der Waals surface area contributed by atoms with Crippen LogP contribution in [-0.4, -0.2) is 53.2 Å². The highest BCUT2D eigenvalue weighted by molar-refractivity contribution is 5.94. The summed E-state index contributed by atoms with van der Waals surface area (Å²) < 4.78 is 3.77. The van der Waals surface area contributed by atoms with Gasteiger partial charge >= 0.3 is 0 Å². The van der Waals surface area contributed by atoms with E-state index in [2.05, 4.69) is 25.5 Å². The molecule has 1 amide bonds. The lowest BCUT2D eigenvalue weighted by atomic mass is 10.2. The van der Waals surface area contributed by atoms with Crippen LogP contribution < -0.4 is 5.32 Å². The highest BCUT2D eigenvalue weighted by Gasteiger charge is 2.31. The van der Waals surface area contributed by atoms with Crippen molar-refractivity contribution in [3.05, 3.63) is 30.0 Å². The predicted octanol–water partition coefficient (Wildman–Crippen LogP) is 0.321. The van der Waals surface area contributed by atoms with Crippen LogP contribution in [-0.2, 0) is 24.9 Å². The maximum absolute atomic E-state index is 12.8.